The predicted octanol–water partition coefficient (Wildman–Crippen LogP) is 19.3. The van der Waals surface area contributed by atoms with Crippen LogP contribution in [0.25, 0.3) is 106 Å². The maximum absolute atomic E-state index is 12.5. The minimum atomic E-state index is -2.56. The molecule has 0 saturated carbocycles. The SMILES string of the molecule is [2H]C([2H])([2H])c1cc(-c2c(-c3ccccc3)cccc2C(C)(C)C)ccc1-n1c(-c2cc(C(C)C)cc(C(C)C)c2O)nc2c(-c3cc(-c4ccccc4)cc(-c4cc(-c5ccc(-c6ccccc6)cc5)ccn4)c3)cccc21. The van der Waals surface area contributed by atoms with E-state index in [0.29, 0.717) is 28.1 Å². The first-order valence-corrected chi connectivity index (χ1v) is 26.1. The molecule has 11 rings (SSSR count). The molecule has 0 saturated heterocycles. The quantitative estimate of drug-likeness (QED) is 0.140. The highest BCUT2D eigenvalue weighted by Crippen LogP contribution is 2.46. The average molecular weight is 977 g/mol. The first-order valence-electron chi connectivity index (χ1n) is 27.6. The highest BCUT2D eigenvalue weighted by atomic mass is 16.3. The third kappa shape index (κ3) is 9.49. The van der Waals surface area contributed by atoms with Gasteiger partial charge in [0.2, 0.25) is 0 Å². The van der Waals surface area contributed by atoms with Crippen molar-refractivity contribution in [3.63, 3.8) is 0 Å². The van der Waals surface area contributed by atoms with Crippen molar-refractivity contribution in [3.05, 3.63) is 241 Å². The van der Waals surface area contributed by atoms with Crippen molar-refractivity contribution in [1.29, 1.82) is 0 Å². The van der Waals surface area contributed by atoms with Crippen LogP contribution in [0.15, 0.2) is 219 Å². The van der Waals surface area contributed by atoms with Gasteiger partial charge in [0.1, 0.15) is 11.6 Å². The number of fused-ring (bicyclic) bond motifs is 1. The molecule has 0 unspecified atom stereocenters. The second-order valence-electron chi connectivity index (χ2n) is 21.4. The highest BCUT2D eigenvalue weighted by molar-refractivity contribution is 5.98. The van der Waals surface area contributed by atoms with Crippen molar-refractivity contribution in [2.24, 2.45) is 0 Å². The fraction of sp³-hybridized carbons (Fsp3) is 0.155. The number of nitrogens with zero attached hydrogens (tertiary/aromatic N) is 3. The number of rotatable bonds is 11. The van der Waals surface area contributed by atoms with E-state index in [9.17, 15) is 9.22 Å². The molecule has 368 valence electrons. The van der Waals surface area contributed by atoms with E-state index < -0.39 is 6.85 Å². The summed E-state index contributed by atoms with van der Waals surface area (Å²) in [4.78, 5) is 10.6. The summed E-state index contributed by atoms with van der Waals surface area (Å²) in [5, 5.41) is 12.5. The van der Waals surface area contributed by atoms with Gasteiger partial charge in [-0.3, -0.25) is 9.55 Å². The molecule has 0 bridgehead atoms. The number of phenols is 1. The number of para-hydroxylation sites is 1. The molecule has 0 aliphatic carbocycles. The molecule has 2 heterocycles. The van der Waals surface area contributed by atoms with Crippen LogP contribution >= 0.6 is 0 Å². The molecule has 0 aliphatic heterocycles. The number of hydrogen-bond donors (Lipinski definition) is 1. The van der Waals surface area contributed by atoms with Crippen LogP contribution in [0.2, 0.25) is 0 Å². The number of hydrogen-bond acceptors (Lipinski definition) is 3. The fourth-order valence-electron chi connectivity index (χ4n) is 10.6. The van der Waals surface area contributed by atoms with Crippen molar-refractivity contribution in [1.82, 2.24) is 14.5 Å². The van der Waals surface area contributed by atoms with Crippen LogP contribution in [-0.4, -0.2) is 19.6 Å². The number of aromatic hydroxyl groups is 1. The molecule has 2 aromatic heterocycles. The van der Waals surface area contributed by atoms with Gasteiger partial charge in [-0.15, -0.1) is 0 Å². The van der Waals surface area contributed by atoms with Crippen LogP contribution in [-0.2, 0) is 5.41 Å². The standard InChI is InChI=1S/C71H63N3O/c1-45(2)55-42-61(46(3)4)69(75)62(43-55)70-73-68-60(27-19-29-66(68)74(70)65-35-34-54(38-47(65)5)67-59(52-24-16-11-17-25-52)26-18-28-63(67)71(6,7)8)57-39-56(49-22-14-10-15-23-49)40-58(41-57)64-44-53(36-37-72-64)51-32-30-50(31-33-51)48-20-12-9-13-21-48/h9-46,75H,1-8H3/i5D3. The lowest BCUT2D eigenvalue weighted by atomic mass is 9.78. The number of aryl methyl sites for hydroxylation is 1. The van der Waals surface area contributed by atoms with Gasteiger partial charge in [0, 0.05) is 21.4 Å². The zero-order valence-electron chi connectivity index (χ0n) is 46.7. The first kappa shape index (κ1) is 45.0. The maximum atomic E-state index is 12.5. The molecular weight excluding hydrogens is 911 g/mol. The van der Waals surface area contributed by atoms with Gasteiger partial charge in [-0.05, 0) is 162 Å². The van der Waals surface area contributed by atoms with Gasteiger partial charge in [0.25, 0.3) is 0 Å². The van der Waals surface area contributed by atoms with Crippen molar-refractivity contribution < 1.29 is 9.22 Å². The lowest BCUT2D eigenvalue weighted by molar-refractivity contribution is 0.466. The van der Waals surface area contributed by atoms with Crippen molar-refractivity contribution in [3.8, 4) is 101 Å². The Bertz CT molecular complexity index is 3980. The molecule has 0 aliphatic rings. The lowest BCUT2D eigenvalue weighted by Crippen LogP contribution is -2.13. The third-order valence-corrected chi connectivity index (χ3v) is 14.6. The van der Waals surface area contributed by atoms with Crippen LogP contribution < -0.4 is 0 Å². The van der Waals surface area contributed by atoms with Gasteiger partial charge in [0.15, 0.2) is 0 Å². The van der Waals surface area contributed by atoms with E-state index in [1.807, 2.05) is 71.4 Å². The molecule has 9 aromatic carbocycles. The molecule has 0 amide bonds. The van der Waals surface area contributed by atoms with Gasteiger partial charge >= 0.3 is 0 Å². The topological polar surface area (TPSA) is 50.9 Å². The Morgan fingerprint density at radius 1 is 0.480 bits per heavy atom. The predicted molar refractivity (Wildman–Crippen MR) is 316 cm³/mol. The summed E-state index contributed by atoms with van der Waals surface area (Å²) in [6.07, 6.45) is 1.88. The third-order valence-electron chi connectivity index (χ3n) is 14.6. The van der Waals surface area contributed by atoms with E-state index >= 15 is 0 Å². The van der Waals surface area contributed by atoms with E-state index in [1.165, 1.54) is 5.56 Å². The fourth-order valence-corrected chi connectivity index (χ4v) is 10.6. The molecule has 1 N–H and O–H groups in total. The highest BCUT2D eigenvalue weighted by Gasteiger charge is 2.26. The van der Waals surface area contributed by atoms with Gasteiger partial charge in [-0.2, -0.15) is 0 Å². The Kier molecular flexibility index (Phi) is 12.0. The van der Waals surface area contributed by atoms with E-state index in [0.717, 1.165) is 89.1 Å². The molecule has 11 aromatic rings. The Morgan fingerprint density at radius 3 is 1.72 bits per heavy atom. The largest absolute Gasteiger partial charge is 0.507 e. The van der Waals surface area contributed by atoms with Crippen molar-refractivity contribution >= 4 is 11.0 Å². The summed E-state index contributed by atoms with van der Waals surface area (Å²) < 4.78 is 29.9. The molecule has 0 spiro atoms. The smallest absolute Gasteiger partial charge is 0.149 e. The molecule has 75 heavy (non-hydrogen) atoms. The second kappa shape index (κ2) is 20.0. The Morgan fingerprint density at radius 2 is 1.07 bits per heavy atom. The van der Waals surface area contributed by atoms with Gasteiger partial charge in [-0.25, -0.2) is 4.98 Å². The molecule has 0 atom stereocenters. The monoisotopic (exact) mass is 977 g/mol. The van der Waals surface area contributed by atoms with E-state index in [4.69, 9.17) is 9.97 Å². The molecule has 0 radical (unpaired) electrons. The Balaban J connectivity index is 1.15. The molecular formula is C71H63N3O. The number of pyridine rings is 1. The average Bonchev–Trinajstić information content (AvgIpc) is 4.04. The first-order chi connectivity index (χ1) is 37.5. The molecule has 4 heteroatoms. The summed E-state index contributed by atoms with van der Waals surface area (Å²) in [6.45, 7) is 12.5. The Labute approximate surface area is 447 Å². The van der Waals surface area contributed by atoms with Crippen LogP contribution in [0.5, 0.6) is 5.75 Å². The van der Waals surface area contributed by atoms with E-state index in [1.54, 1.807) is 0 Å². The molecule has 4 nitrogen and oxygen atoms in total. The minimum absolute atomic E-state index is 0.00494. The number of imidazole rings is 1. The zero-order valence-corrected chi connectivity index (χ0v) is 43.7. The molecule has 0 fully saturated rings. The zero-order chi connectivity index (χ0) is 54.5. The van der Waals surface area contributed by atoms with E-state index in [-0.39, 0.29) is 28.6 Å². The van der Waals surface area contributed by atoms with Crippen LogP contribution in [0.3, 0.4) is 0 Å². The van der Waals surface area contributed by atoms with Crippen molar-refractivity contribution in [2.75, 3.05) is 0 Å². The number of benzene rings is 9. The normalized spacial score (nSPS) is 12.5. The lowest BCUT2D eigenvalue weighted by Gasteiger charge is -2.26. The van der Waals surface area contributed by atoms with Crippen LogP contribution in [0, 0.1) is 6.85 Å². The number of phenolic OH excluding ortho intramolecular Hbond substituents is 1. The minimum Gasteiger partial charge on any atom is -0.507 e. The second-order valence-corrected chi connectivity index (χ2v) is 21.4. The van der Waals surface area contributed by atoms with Crippen molar-refractivity contribution in [2.45, 2.75) is 72.6 Å². The van der Waals surface area contributed by atoms with Crippen LogP contribution in [0.4, 0.5) is 0 Å². The van der Waals surface area contributed by atoms with Gasteiger partial charge in [0.05, 0.1) is 28.0 Å². The summed E-state index contributed by atoms with van der Waals surface area (Å²) in [7, 11) is 0. The van der Waals surface area contributed by atoms with Crippen LogP contribution in [0.1, 0.15) is 86.7 Å². The van der Waals surface area contributed by atoms with Gasteiger partial charge < -0.3 is 5.11 Å². The summed E-state index contributed by atoms with van der Waals surface area (Å²) in [5.41, 5.74) is 19.1. The number of aromatic nitrogens is 3. The summed E-state index contributed by atoms with van der Waals surface area (Å²) >= 11 is 0. The summed E-state index contributed by atoms with van der Waals surface area (Å²) in [5.74, 6) is 0.702. The maximum Gasteiger partial charge on any atom is 0.149 e. The van der Waals surface area contributed by atoms with Gasteiger partial charge in [-0.1, -0.05) is 206 Å². The van der Waals surface area contributed by atoms with E-state index in [2.05, 4.69) is 200 Å². The summed E-state index contributed by atoms with van der Waals surface area (Å²) in [6, 6.07) is 73.0. The Hall–Kier alpha value is -8.60.